The van der Waals surface area contributed by atoms with Gasteiger partial charge >= 0.3 is 0 Å². The molecule has 1 aliphatic rings. The molecular formula is C17H27N. The largest absolute Gasteiger partial charge is 0.307 e. The summed E-state index contributed by atoms with van der Waals surface area (Å²) < 4.78 is 0. The highest BCUT2D eigenvalue weighted by Gasteiger charge is 2.24. The van der Waals surface area contributed by atoms with Crippen LogP contribution in [0.5, 0.6) is 0 Å². The van der Waals surface area contributed by atoms with Crippen LogP contribution in [0.15, 0.2) is 18.2 Å². The maximum Gasteiger partial charge on any atom is 0.0296 e. The van der Waals surface area contributed by atoms with E-state index in [0.29, 0.717) is 6.04 Å². The minimum atomic E-state index is 0.478. The molecule has 0 aromatic heterocycles. The van der Waals surface area contributed by atoms with Gasteiger partial charge in [-0.15, -0.1) is 0 Å². The van der Waals surface area contributed by atoms with Crippen molar-refractivity contribution >= 4 is 0 Å². The second kappa shape index (κ2) is 5.88. The fourth-order valence-corrected chi connectivity index (χ4v) is 3.35. The maximum atomic E-state index is 3.82. The quantitative estimate of drug-likeness (QED) is 0.821. The minimum Gasteiger partial charge on any atom is -0.307 e. The van der Waals surface area contributed by atoms with Crippen molar-refractivity contribution in [3.8, 4) is 0 Å². The second-order valence-corrected chi connectivity index (χ2v) is 6.03. The third kappa shape index (κ3) is 3.14. The van der Waals surface area contributed by atoms with Crippen LogP contribution in [0.4, 0.5) is 0 Å². The third-order valence-corrected chi connectivity index (χ3v) is 4.50. The fourth-order valence-electron chi connectivity index (χ4n) is 3.35. The van der Waals surface area contributed by atoms with Crippen molar-refractivity contribution in [2.24, 2.45) is 5.92 Å². The summed E-state index contributed by atoms with van der Waals surface area (Å²) in [5.74, 6) is 0.953. The van der Waals surface area contributed by atoms with E-state index in [1.807, 2.05) is 0 Å². The molecular weight excluding hydrogens is 218 g/mol. The lowest BCUT2D eigenvalue weighted by Gasteiger charge is -2.22. The van der Waals surface area contributed by atoms with Crippen LogP contribution in [-0.4, -0.2) is 6.04 Å². The number of hydrogen-bond donors (Lipinski definition) is 1. The van der Waals surface area contributed by atoms with Crippen molar-refractivity contribution in [2.75, 3.05) is 0 Å². The Morgan fingerprint density at radius 1 is 1.28 bits per heavy atom. The van der Waals surface area contributed by atoms with Crippen LogP contribution in [0.1, 0.15) is 62.3 Å². The second-order valence-electron chi connectivity index (χ2n) is 6.03. The average molecular weight is 245 g/mol. The first kappa shape index (κ1) is 13.6. The van der Waals surface area contributed by atoms with Crippen molar-refractivity contribution in [2.45, 2.75) is 65.5 Å². The minimum absolute atomic E-state index is 0.478. The van der Waals surface area contributed by atoms with Gasteiger partial charge < -0.3 is 5.32 Å². The number of rotatable bonds is 4. The standard InChI is InChI=1S/C17H27N/c1-5-15-7-8-16(11-15)18-14(4)17-9-6-12(2)10-13(17)3/h6,9-10,14-16,18H,5,7-8,11H2,1-4H3. The molecule has 1 N–H and O–H groups in total. The zero-order chi connectivity index (χ0) is 13.1. The highest BCUT2D eigenvalue weighted by atomic mass is 14.9. The highest BCUT2D eigenvalue weighted by molar-refractivity contribution is 5.32. The number of nitrogens with one attached hydrogen (secondary N) is 1. The Morgan fingerprint density at radius 3 is 2.67 bits per heavy atom. The normalized spacial score (nSPS) is 25.3. The van der Waals surface area contributed by atoms with Gasteiger partial charge in [0.25, 0.3) is 0 Å². The van der Waals surface area contributed by atoms with Gasteiger partial charge in [0.15, 0.2) is 0 Å². The summed E-state index contributed by atoms with van der Waals surface area (Å²) >= 11 is 0. The Kier molecular flexibility index (Phi) is 4.45. The molecule has 1 saturated carbocycles. The molecule has 1 aliphatic carbocycles. The lowest BCUT2D eigenvalue weighted by molar-refractivity contribution is 0.437. The lowest BCUT2D eigenvalue weighted by atomic mass is 9.99. The van der Waals surface area contributed by atoms with Crippen molar-refractivity contribution in [1.82, 2.24) is 5.32 Å². The molecule has 1 fully saturated rings. The van der Waals surface area contributed by atoms with Gasteiger partial charge in [0.2, 0.25) is 0 Å². The molecule has 0 saturated heterocycles. The molecule has 0 amide bonds. The molecule has 0 aliphatic heterocycles. The zero-order valence-corrected chi connectivity index (χ0v) is 12.3. The van der Waals surface area contributed by atoms with E-state index < -0.39 is 0 Å². The Balaban J connectivity index is 1.97. The molecule has 0 radical (unpaired) electrons. The summed E-state index contributed by atoms with van der Waals surface area (Å²) in [6.45, 7) is 9.01. The van der Waals surface area contributed by atoms with Gasteiger partial charge in [-0.3, -0.25) is 0 Å². The SMILES string of the molecule is CCC1CCC(NC(C)c2ccc(C)cc2C)C1. The van der Waals surface area contributed by atoms with E-state index >= 15 is 0 Å². The summed E-state index contributed by atoms with van der Waals surface area (Å²) in [6, 6.07) is 8.01. The molecule has 0 spiro atoms. The molecule has 1 aromatic rings. The predicted octanol–water partition coefficient (Wildman–Crippen LogP) is 4.53. The number of benzene rings is 1. The Hall–Kier alpha value is -0.820. The molecule has 0 bridgehead atoms. The van der Waals surface area contributed by atoms with Gasteiger partial charge in [0.05, 0.1) is 0 Å². The van der Waals surface area contributed by atoms with Gasteiger partial charge in [-0.05, 0) is 57.1 Å². The van der Waals surface area contributed by atoms with Crippen LogP contribution in [0.25, 0.3) is 0 Å². The summed E-state index contributed by atoms with van der Waals surface area (Å²) in [6.07, 6.45) is 5.48. The maximum absolute atomic E-state index is 3.82. The van der Waals surface area contributed by atoms with Crippen LogP contribution >= 0.6 is 0 Å². The van der Waals surface area contributed by atoms with E-state index in [1.165, 1.54) is 42.4 Å². The third-order valence-electron chi connectivity index (χ3n) is 4.50. The molecule has 1 nitrogen and oxygen atoms in total. The fraction of sp³-hybridized carbons (Fsp3) is 0.647. The van der Waals surface area contributed by atoms with Gasteiger partial charge in [-0.2, -0.15) is 0 Å². The summed E-state index contributed by atoms with van der Waals surface area (Å²) in [5, 5.41) is 3.82. The molecule has 1 aromatic carbocycles. The van der Waals surface area contributed by atoms with Crippen LogP contribution in [0.2, 0.25) is 0 Å². The van der Waals surface area contributed by atoms with Gasteiger partial charge in [0, 0.05) is 12.1 Å². The van der Waals surface area contributed by atoms with E-state index in [4.69, 9.17) is 0 Å². The number of hydrogen-bond acceptors (Lipinski definition) is 1. The summed E-state index contributed by atoms with van der Waals surface area (Å²) in [7, 11) is 0. The molecule has 2 rings (SSSR count). The van der Waals surface area contributed by atoms with Crippen molar-refractivity contribution in [1.29, 1.82) is 0 Å². The van der Waals surface area contributed by atoms with Gasteiger partial charge in [-0.25, -0.2) is 0 Å². The molecule has 1 heteroatoms. The van der Waals surface area contributed by atoms with E-state index in [-0.39, 0.29) is 0 Å². The summed E-state index contributed by atoms with van der Waals surface area (Å²) in [4.78, 5) is 0. The number of aryl methyl sites for hydroxylation is 2. The van der Waals surface area contributed by atoms with E-state index in [0.717, 1.165) is 12.0 Å². The average Bonchev–Trinajstić information content (AvgIpc) is 2.76. The smallest absolute Gasteiger partial charge is 0.0296 e. The first-order chi connectivity index (χ1) is 8.60. The molecule has 100 valence electrons. The summed E-state index contributed by atoms with van der Waals surface area (Å²) in [5.41, 5.74) is 4.23. The first-order valence-corrected chi connectivity index (χ1v) is 7.43. The van der Waals surface area contributed by atoms with Gasteiger partial charge in [0.1, 0.15) is 0 Å². The Bertz CT molecular complexity index is 397. The highest BCUT2D eigenvalue weighted by Crippen LogP contribution is 2.30. The Labute approximate surface area is 112 Å². The molecule has 0 heterocycles. The monoisotopic (exact) mass is 245 g/mol. The van der Waals surface area contributed by atoms with Crippen molar-refractivity contribution < 1.29 is 0 Å². The predicted molar refractivity (Wildman–Crippen MR) is 78.9 cm³/mol. The van der Waals surface area contributed by atoms with Crippen LogP contribution in [-0.2, 0) is 0 Å². The topological polar surface area (TPSA) is 12.0 Å². The molecule has 3 unspecified atom stereocenters. The van der Waals surface area contributed by atoms with Gasteiger partial charge in [-0.1, -0.05) is 37.1 Å². The molecule has 3 atom stereocenters. The zero-order valence-electron chi connectivity index (χ0n) is 12.3. The van der Waals surface area contributed by atoms with E-state index in [9.17, 15) is 0 Å². The van der Waals surface area contributed by atoms with Crippen molar-refractivity contribution in [3.63, 3.8) is 0 Å². The lowest BCUT2D eigenvalue weighted by Crippen LogP contribution is -2.29. The first-order valence-electron chi connectivity index (χ1n) is 7.43. The molecule has 18 heavy (non-hydrogen) atoms. The van der Waals surface area contributed by atoms with E-state index in [2.05, 4.69) is 51.2 Å². The van der Waals surface area contributed by atoms with E-state index in [1.54, 1.807) is 0 Å². The van der Waals surface area contributed by atoms with Crippen molar-refractivity contribution in [3.05, 3.63) is 34.9 Å². The van der Waals surface area contributed by atoms with Crippen LogP contribution in [0.3, 0.4) is 0 Å². The van der Waals surface area contributed by atoms with Crippen LogP contribution < -0.4 is 5.32 Å². The van der Waals surface area contributed by atoms with Crippen LogP contribution in [0, 0.1) is 19.8 Å². The Morgan fingerprint density at radius 2 is 2.06 bits per heavy atom.